The number of amides is 2. The molecule has 0 unspecified atom stereocenters. The Morgan fingerprint density at radius 1 is 0.875 bits per heavy atom. The molecule has 2 fully saturated rings. The van der Waals surface area contributed by atoms with E-state index in [2.05, 4.69) is 25.9 Å². The van der Waals surface area contributed by atoms with Gasteiger partial charge in [0, 0.05) is 41.1 Å². The lowest BCUT2D eigenvalue weighted by Gasteiger charge is -2.27. The summed E-state index contributed by atoms with van der Waals surface area (Å²) in [5.74, 6) is 0.480. The molecule has 0 bridgehead atoms. The molecule has 4 N–H and O–H groups in total. The maximum absolute atomic E-state index is 13.8. The van der Waals surface area contributed by atoms with Crippen LogP contribution in [0.25, 0.3) is 11.1 Å². The number of carbonyl (C=O) groups excluding carboxylic acids is 3. The number of nitrogens with zero attached hydrogens (tertiary/aromatic N) is 3. The quantitative estimate of drug-likeness (QED) is 0.195. The maximum atomic E-state index is 13.8. The number of nitrogens with two attached hydrogens (primary N) is 1. The number of carbonyl (C=O) groups is 3. The number of Topliss-reactive ketones (excluding diaryl/α,β-unsaturated/α-hetero) is 1. The zero-order valence-corrected chi connectivity index (χ0v) is 27.8. The van der Waals surface area contributed by atoms with E-state index in [1.807, 2.05) is 73.7 Å². The van der Waals surface area contributed by atoms with Crippen LogP contribution in [-0.4, -0.2) is 42.7 Å². The van der Waals surface area contributed by atoms with E-state index >= 15 is 0 Å². The van der Waals surface area contributed by atoms with Crippen LogP contribution in [-0.2, 0) is 16.0 Å². The largest absolute Gasteiger partial charge is 0.349 e. The van der Waals surface area contributed by atoms with Gasteiger partial charge in [-0.2, -0.15) is 5.11 Å². The van der Waals surface area contributed by atoms with Gasteiger partial charge in [0.2, 0.25) is 5.91 Å². The first kappa shape index (κ1) is 33.4. The van der Waals surface area contributed by atoms with Crippen molar-refractivity contribution in [1.29, 1.82) is 0 Å². The fourth-order valence-electron chi connectivity index (χ4n) is 7.23. The number of aliphatic imine (C=N–C) groups is 1. The van der Waals surface area contributed by atoms with E-state index in [1.54, 1.807) is 0 Å². The highest BCUT2D eigenvalue weighted by molar-refractivity contribution is 6.01. The Balaban J connectivity index is 1.16. The predicted molar refractivity (Wildman–Crippen MR) is 189 cm³/mol. The molecule has 0 aromatic heterocycles. The molecule has 0 spiro atoms. The Labute approximate surface area is 282 Å². The molecule has 1 heterocycles. The summed E-state index contributed by atoms with van der Waals surface area (Å²) in [7, 11) is 0. The topological polar surface area (TPSA) is 138 Å². The minimum atomic E-state index is -0.521. The van der Waals surface area contributed by atoms with Crippen molar-refractivity contribution in [3.8, 4) is 11.1 Å². The smallest absolute Gasteiger partial charge is 0.251 e. The molecule has 6 rings (SSSR count). The standard InChI is InChI=1S/C39H46N6O3/c1-25-6-11-31(38(47)43-33-4-2-3-5-33)21-35(25)28-12-7-26(8-13-28)20-32(22-36(46)29-14-9-27(23-40)10-15-29)39(48)44-34-18-16-30(17-19-34)37-41-24-42-45-37/h6-8,11-13,16-19,21,27,29,32-33H,2-5,9-10,14-15,20,22-24,40H2,1H3,(H,43,47)(H,44,48)/t27?,29?,32-/m1/s1. The third-order valence-corrected chi connectivity index (χ3v) is 10.3. The normalized spacial score (nSPS) is 19.9. The van der Waals surface area contributed by atoms with Crippen molar-refractivity contribution in [2.24, 2.45) is 38.7 Å². The van der Waals surface area contributed by atoms with Crippen LogP contribution >= 0.6 is 0 Å². The molecule has 250 valence electrons. The Bertz CT molecular complexity index is 1670. The summed E-state index contributed by atoms with van der Waals surface area (Å²) in [6.07, 6.45) is 8.65. The van der Waals surface area contributed by atoms with E-state index in [-0.39, 0.29) is 36.0 Å². The van der Waals surface area contributed by atoms with Crippen LogP contribution in [0, 0.1) is 24.7 Å². The third kappa shape index (κ3) is 8.31. The van der Waals surface area contributed by atoms with E-state index in [0.717, 1.165) is 66.3 Å². The summed E-state index contributed by atoms with van der Waals surface area (Å²) < 4.78 is 0. The van der Waals surface area contributed by atoms with Gasteiger partial charge < -0.3 is 16.4 Å². The Kier molecular flexibility index (Phi) is 10.9. The number of nitrogens with one attached hydrogen (secondary N) is 2. The highest BCUT2D eigenvalue weighted by Gasteiger charge is 2.30. The molecule has 9 heteroatoms. The minimum Gasteiger partial charge on any atom is -0.349 e. The average Bonchev–Trinajstić information content (AvgIpc) is 3.84. The molecule has 3 aromatic carbocycles. The lowest BCUT2D eigenvalue weighted by molar-refractivity contribution is -0.129. The molecule has 2 aliphatic carbocycles. The second kappa shape index (κ2) is 15.6. The van der Waals surface area contributed by atoms with Crippen LogP contribution in [0.4, 0.5) is 5.69 Å². The van der Waals surface area contributed by atoms with Gasteiger partial charge in [-0.3, -0.25) is 14.4 Å². The molecule has 0 radical (unpaired) electrons. The Morgan fingerprint density at radius 2 is 1.58 bits per heavy atom. The molecule has 3 aliphatic rings. The maximum Gasteiger partial charge on any atom is 0.251 e. The lowest BCUT2D eigenvalue weighted by Crippen LogP contribution is -2.32. The van der Waals surface area contributed by atoms with Crippen molar-refractivity contribution < 1.29 is 14.4 Å². The molecule has 3 aromatic rings. The van der Waals surface area contributed by atoms with E-state index in [0.29, 0.717) is 42.6 Å². The molecular weight excluding hydrogens is 600 g/mol. The molecule has 48 heavy (non-hydrogen) atoms. The number of amidine groups is 1. The van der Waals surface area contributed by atoms with Crippen molar-refractivity contribution in [2.45, 2.75) is 77.2 Å². The SMILES string of the molecule is Cc1ccc(C(=O)NC2CCCC2)cc1-c1ccc(C[C@H](CC(=O)C2CCC(CN)CC2)C(=O)Nc2ccc(C3=NCN=N3)cc2)cc1. The third-order valence-electron chi connectivity index (χ3n) is 10.3. The van der Waals surface area contributed by atoms with Gasteiger partial charge in [0.15, 0.2) is 12.5 Å². The van der Waals surface area contributed by atoms with E-state index in [9.17, 15) is 14.4 Å². The van der Waals surface area contributed by atoms with Crippen LogP contribution in [0.15, 0.2) is 82.0 Å². The molecule has 9 nitrogen and oxygen atoms in total. The van der Waals surface area contributed by atoms with Gasteiger partial charge in [-0.05, 0) is 123 Å². The second-order valence-electron chi connectivity index (χ2n) is 13.6. The minimum absolute atomic E-state index is 0.0211. The van der Waals surface area contributed by atoms with Gasteiger partial charge in [-0.25, -0.2) is 4.99 Å². The number of azo groups is 1. The fraction of sp³-hybridized carbons (Fsp3) is 0.436. The average molecular weight is 647 g/mol. The first-order valence-electron chi connectivity index (χ1n) is 17.4. The van der Waals surface area contributed by atoms with Crippen molar-refractivity contribution >= 4 is 29.1 Å². The first-order valence-corrected chi connectivity index (χ1v) is 17.4. The number of aryl methyl sites for hydroxylation is 1. The van der Waals surface area contributed by atoms with Crippen molar-refractivity contribution in [1.82, 2.24) is 5.32 Å². The van der Waals surface area contributed by atoms with E-state index in [1.165, 1.54) is 12.8 Å². The van der Waals surface area contributed by atoms with Crippen LogP contribution in [0.2, 0.25) is 0 Å². The summed E-state index contributed by atoms with van der Waals surface area (Å²) in [6, 6.07) is 21.7. The van der Waals surface area contributed by atoms with Gasteiger partial charge in [-0.1, -0.05) is 43.2 Å². The Hall–Kier alpha value is -4.50. The van der Waals surface area contributed by atoms with Crippen molar-refractivity contribution in [3.05, 3.63) is 89.0 Å². The van der Waals surface area contributed by atoms with Gasteiger partial charge in [0.05, 0.1) is 0 Å². The number of ketones is 1. The molecule has 1 atom stereocenters. The monoisotopic (exact) mass is 646 g/mol. The van der Waals surface area contributed by atoms with Gasteiger partial charge in [-0.15, -0.1) is 5.11 Å². The van der Waals surface area contributed by atoms with Gasteiger partial charge >= 0.3 is 0 Å². The number of hydrogen-bond acceptors (Lipinski definition) is 7. The summed E-state index contributed by atoms with van der Waals surface area (Å²) >= 11 is 0. The van der Waals surface area contributed by atoms with Crippen LogP contribution in [0.5, 0.6) is 0 Å². The Morgan fingerprint density at radius 3 is 2.25 bits per heavy atom. The van der Waals surface area contributed by atoms with Gasteiger partial charge in [0.1, 0.15) is 5.78 Å². The van der Waals surface area contributed by atoms with Gasteiger partial charge in [0.25, 0.3) is 5.91 Å². The highest BCUT2D eigenvalue weighted by atomic mass is 16.2. The predicted octanol–water partition coefficient (Wildman–Crippen LogP) is 7.03. The van der Waals surface area contributed by atoms with E-state index in [4.69, 9.17) is 5.73 Å². The number of anilines is 1. The highest BCUT2D eigenvalue weighted by Crippen LogP contribution is 2.32. The van der Waals surface area contributed by atoms with Crippen molar-refractivity contribution in [3.63, 3.8) is 0 Å². The van der Waals surface area contributed by atoms with Crippen LogP contribution < -0.4 is 16.4 Å². The summed E-state index contributed by atoms with van der Waals surface area (Å²) in [5.41, 5.74) is 12.1. The summed E-state index contributed by atoms with van der Waals surface area (Å²) in [4.78, 5) is 44.5. The fourth-order valence-corrected chi connectivity index (χ4v) is 7.23. The molecule has 2 amide bonds. The zero-order chi connectivity index (χ0) is 33.5. The molecule has 2 saturated carbocycles. The number of benzene rings is 3. The number of hydrogen-bond donors (Lipinski definition) is 3. The summed E-state index contributed by atoms with van der Waals surface area (Å²) in [6.45, 7) is 3.04. The molecule has 1 aliphatic heterocycles. The second-order valence-corrected chi connectivity index (χ2v) is 13.6. The lowest BCUT2D eigenvalue weighted by atomic mass is 9.77. The zero-order valence-electron chi connectivity index (χ0n) is 27.8. The first-order chi connectivity index (χ1) is 23.4. The molecule has 0 saturated heterocycles. The van der Waals surface area contributed by atoms with Crippen molar-refractivity contribution in [2.75, 3.05) is 18.5 Å². The van der Waals surface area contributed by atoms with E-state index < -0.39 is 5.92 Å². The van der Waals surface area contributed by atoms with Crippen LogP contribution in [0.1, 0.15) is 84.8 Å². The summed E-state index contributed by atoms with van der Waals surface area (Å²) in [5, 5.41) is 14.2. The number of rotatable bonds is 12. The molecular formula is C39H46N6O3. The van der Waals surface area contributed by atoms with Crippen LogP contribution in [0.3, 0.4) is 0 Å².